The van der Waals surface area contributed by atoms with E-state index in [1.54, 1.807) is 66.9 Å². The fraction of sp³-hybridized carbons (Fsp3) is 0.488. The maximum absolute atomic E-state index is 14.7. The van der Waals surface area contributed by atoms with Gasteiger partial charge in [0.2, 0.25) is 21.8 Å². The lowest BCUT2D eigenvalue weighted by molar-refractivity contribution is -0.143. The molecule has 0 bridgehead atoms. The number of amides is 4. The van der Waals surface area contributed by atoms with E-state index in [0.717, 1.165) is 5.56 Å². The number of fused-ring (bicyclic) bond motifs is 1. The fourth-order valence-corrected chi connectivity index (χ4v) is 7.30. The number of hydrogen-bond acceptors (Lipinski definition) is 10. The number of methoxy groups -OCH3 is 1. The van der Waals surface area contributed by atoms with Crippen molar-refractivity contribution in [2.24, 2.45) is 11.3 Å². The Bertz CT molecular complexity index is 2110. The molecule has 2 aromatic carbocycles. The molecule has 1 aliphatic heterocycles. The van der Waals surface area contributed by atoms with E-state index in [1.165, 1.54) is 24.8 Å². The van der Waals surface area contributed by atoms with Gasteiger partial charge in [0.25, 0.3) is 5.91 Å². The van der Waals surface area contributed by atoms with Crippen molar-refractivity contribution in [3.05, 3.63) is 67.3 Å². The summed E-state index contributed by atoms with van der Waals surface area (Å²) < 4.78 is 45.2. The minimum atomic E-state index is -4.03. The van der Waals surface area contributed by atoms with E-state index in [0.29, 0.717) is 28.1 Å². The van der Waals surface area contributed by atoms with Crippen molar-refractivity contribution in [1.82, 2.24) is 25.2 Å². The third kappa shape index (κ3) is 9.26. The van der Waals surface area contributed by atoms with Gasteiger partial charge in [-0.2, -0.15) is 0 Å². The monoisotopic (exact) mass is 791 g/mol. The zero-order valence-corrected chi connectivity index (χ0v) is 34.3. The first-order chi connectivity index (χ1) is 26.1. The average Bonchev–Trinajstić information content (AvgIpc) is 3.67. The molecule has 1 aromatic heterocycles. The largest absolute Gasteiger partial charge is 0.497 e. The summed E-state index contributed by atoms with van der Waals surface area (Å²) in [6.45, 7) is 17.0. The summed E-state index contributed by atoms with van der Waals surface area (Å²) in [6.07, 6.45) is 0.0331. The molecule has 2 aliphatic rings. The normalized spacial score (nSPS) is 21.5. The third-order valence-corrected chi connectivity index (χ3v) is 11.6. The van der Waals surface area contributed by atoms with Crippen LogP contribution >= 0.6 is 0 Å². The van der Waals surface area contributed by atoms with Crippen LogP contribution in [0.15, 0.2) is 67.3 Å². The molecular formula is C41H53N5O9S. The molecule has 0 spiro atoms. The number of alkyl carbamates (subject to hydrolysis) is 1. The molecule has 15 heteroatoms. The van der Waals surface area contributed by atoms with Gasteiger partial charge in [0.1, 0.15) is 40.8 Å². The van der Waals surface area contributed by atoms with Crippen molar-refractivity contribution in [2.75, 3.05) is 13.7 Å². The Kier molecular flexibility index (Phi) is 11.8. The number of hydrogen-bond donors (Lipinski definition) is 3. The molecule has 5 unspecified atom stereocenters. The quantitative estimate of drug-likeness (QED) is 0.209. The van der Waals surface area contributed by atoms with Gasteiger partial charge in [0, 0.05) is 29.4 Å². The summed E-state index contributed by atoms with van der Waals surface area (Å²) in [7, 11) is -2.48. The molecule has 14 nitrogen and oxygen atoms in total. The number of nitrogens with zero attached hydrogens (tertiary/aromatic N) is 2. The molecule has 5 atom stereocenters. The van der Waals surface area contributed by atoms with E-state index in [4.69, 9.17) is 19.2 Å². The number of likely N-dealkylation sites (tertiary alicyclic amines) is 1. The van der Waals surface area contributed by atoms with Gasteiger partial charge in [-0.3, -0.25) is 19.1 Å². The van der Waals surface area contributed by atoms with Crippen molar-refractivity contribution in [3.63, 3.8) is 0 Å². The van der Waals surface area contributed by atoms with Crippen LogP contribution in [0.5, 0.6) is 11.5 Å². The van der Waals surface area contributed by atoms with Crippen LogP contribution in [0.1, 0.15) is 68.2 Å². The topological polar surface area (TPSA) is 182 Å². The number of sulfonamides is 1. The zero-order chi connectivity index (χ0) is 41.4. The number of benzene rings is 2. The summed E-state index contributed by atoms with van der Waals surface area (Å²) in [4.78, 5) is 61.9. The Morgan fingerprint density at radius 3 is 2.27 bits per heavy atom. The second kappa shape index (κ2) is 15.8. The first kappa shape index (κ1) is 42.0. The van der Waals surface area contributed by atoms with Crippen LogP contribution < -0.4 is 24.8 Å². The fourth-order valence-electron chi connectivity index (χ4n) is 6.62. The first-order valence-electron chi connectivity index (χ1n) is 18.6. The number of carbonyl (C=O) groups excluding carboxylic acids is 4. The molecule has 3 aromatic rings. The van der Waals surface area contributed by atoms with Gasteiger partial charge in [-0.1, -0.05) is 57.2 Å². The van der Waals surface area contributed by atoms with Crippen LogP contribution in [-0.4, -0.2) is 90.3 Å². The second-order valence-corrected chi connectivity index (χ2v) is 19.0. The Morgan fingerprint density at radius 1 is 1.02 bits per heavy atom. The number of aromatic nitrogens is 1. The molecule has 5 rings (SSSR count). The lowest BCUT2D eigenvalue weighted by Crippen LogP contribution is -2.60. The molecule has 1 aliphatic carbocycles. The minimum absolute atomic E-state index is 0.00389. The van der Waals surface area contributed by atoms with Crippen LogP contribution in [-0.2, 0) is 29.1 Å². The Labute approximate surface area is 328 Å². The molecule has 0 radical (unpaired) electrons. The molecule has 302 valence electrons. The predicted molar refractivity (Wildman–Crippen MR) is 212 cm³/mol. The zero-order valence-electron chi connectivity index (χ0n) is 33.5. The lowest BCUT2D eigenvalue weighted by atomic mass is 9.85. The van der Waals surface area contributed by atoms with E-state index in [9.17, 15) is 27.6 Å². The van der Waals surface area contributed by atoms with Crippen LogP contribution in [0.25, 0.3) is 22.2 Å². The minimum Gasteiger partial charge on any atom is -0.497 e. The maximum atomic E-state index is 14.7. The van der Waals surface area contributed by atoms with Crippen LogP contribution in [0.4, 0.5) is 4.79 Å². The van der Waals surface area contributed by atoms with Crippen molar-refractivity contribution in [2.45, 2.75) is 103 Å². The molecule has 3 N–H and O–H groups in total. The molecule has 1 saturated carbocycles. The lowest BCUT2D eigenvalue weighted by Gasteiger charge is -2.36. The van der Waals surface area contributed by atoms with Crippen LogP contribution in [0, 0.1) is 11.3 Å². The summed E-state index contributed by atoms with van der Waals surface area (Å²) in [5.41, 5.74) is -1.17. The SMILES string of the molecule is C=CC1CC1(NC(=O)C1CC(Oc2cc(-c3ccccc3)nc3ccc(OC)cc23)CN1C(=O)C(NC(=O)OC(C)(C)C)C(C)(C)C)C(=O)NS(=O)(=O)C(C)C. The number of ether oxygens (including phenoxy) is 3. The molecule has 56 heavy (non-hydrogen) atoms. The smallest absolute Gasteiger partial charge is 0.408 e. The maximum Gasteiger partial charge on any atom is 0.408 e. The van der Waals surface area contributed by atoms with E-state index < -0.39 is 79.7 Å². The van der Waals surface area contributed by atoms with Crippen LogP contribution in [0.3, 0.4) is 0 Å². The van der Waals surface area contributed by atoms with E-state index in [-0.39, 0.29) is 19.4 Å². The highest BCUT2D eigenvalue weighted by Crippen LogP contribution is 2.45. The Balaban J connectivity index is 1.53. The Morgan fingerprint density at radius 2 is 1.70 bits per heavy atom. The number of rotatable bonds is 12. The van der Waals surface area contributed by atoms with Gasteiger partial charge in [-0.05, 0) is 64.7 Å². The highest BCUT2D eigenvalue weighted by Gasteiger charge is 2.61. The van der Waals surface area contributed by atoms with E-state index >= 15 is 0 Å². The number of pyridine rings is 1. The van der Waals surface area contributed by atoms with Gasteiger partial charge in [-0.25, -0.2) is 18.2 Å². The summed E-state index contributed by atoms with van der Waals surface area (Å²) in [6, 6.07) is 14.4. The summed E-state index contributed by atoms with van der Waals surface area (Å²) >= 11 is 0. The van der Waals surface area contributed by atoms with E-state index in [1.807, 2.05) is 36.4 Å². The molecule has 2 fully saturated rings. The van der Waals surface area contributed by atoms with Crippen molar-refractivity contribution in [3.8, 4) is 22.8 Å². The summed E-state index contributed by atoms with van der Waals surface area (Å²) in [5.74, 6) is -1.70. The number of nitrogens with one attached hydrogen (secondary N) is 3. The van der Waals surface area contributed by atoms with Gasteiger partial charge in [-0.15, -0.1) is 6.58 Å². The average molecular weight is 792 g/mol. The van der Waals surface area contributed by atoms with Gasteiger partial charge < -0.3 is 29.7 Å². The standard InChI is InChI=1S/C41H53N5O9S/c1-11-26-22-41(26,37(49)45-56(51,52)24(2)3)44-35(47)32-20-28(23-46(32)36(48)34(39(4,5)6)43-38(50)55-40(7,8)9)54-33-21-31(25-15-13-12-14-16-25)42-30-18-17-27(53-10)19-29(30)33/h11-19,21,24,26,28,32,34H,1,20,22-23H2,2-10H3,(H,43,50)(H,44,47)(H,45,49). The molecule has 4 amide bonds. The predicted octanol–water partition coefficient (Wildman–Crippen LogP) is 5.11. The van der Waals surface area contributed by atoms with Crippen molar-refractivity contribution in [1.29, 1.82) is 0 Å². The second-order valence-electron chi connectivity index (χ2n) is 16.7. The van der Waals surface area contributed by atoms with Gasteiger partial charge in [0.05, 0.1) is 30.1 Å². The van der Waals surface area contributed by atoms with Gasteiger partial charge >= 0.3 is 6.09 Å². The van der Waals surface area contributed by atoms with Gasteiger partial charge in [0.15, 0.2) is 0 Å². The highest BCUT2D eigenvalue weighted by molar-refractivity contribution is 7.90. The summed E-state index contributed by atoms with van der Waals surface area (Å²) in [5, 5.41) is 5.25. The van der Waals surface area contributed by atoms with Crippen LogP contribution in [0.2, 0.25) is 0 Å². The van der Waals surface area contributed by atoms with Crippen molar-refractivity contribution >= 4 is 44.7 Å². The van der Waals surface area contributed by atoms with E-state index in [2.05, 4.69) is 21.9 Å². The Hall–Kier alpha value is -5.18. The first-order valence-corrected chi connectivity index (χ1v) is 20.1. The molecular weight excluding hydrogens is 739 g/mol. The molecule has 1 saturated heterocycles. The molecule has 2 heterocycles. The third-order valence-electron chi connectivity index (χ3n) is 9.87. The number of carbonyl (C=O) groups is 4. The van der Waals surface area contributed by atoms with Crippen molar-refractivity contribution < 1.29 is 41.8 Å². The highest BCUT2D eigenvalue weighted by atomic mass is 32.2.